The van der Waals surface area contributed by atoms with Crippen LogP contribution in [-0.4, -0.2) is 0 Å². The zero-order chi connectivity index (χ0) is 31.5. The number of nitrogens with zero attached hydrogens (tertiary/aromatic N) is 1. The summed E-state index contributed by atoms with van der Waals surface area (Å²) in [5, 5.41) is 2.62. The third-order valence-electron chi connectivity index (χ3n) is 9.88. The Morgan fingerprint density at radius 1 is 0.447 bits per heavy atom. The number of benzene rings is 7. The molecule has 1 aliphatic carbocycles. The van der Waals surface area contributed by atoms with Crippen molar-refractivity contribution < 1.29 is 0 Å². The first-order chi connectivity index (χ1) is 23.1. The van der Waals surface area contributed by atoms with E-state index in [1.54, 1.807) is 0 Å². The Morgan fingerprint density at radius 3 is 1.98 bits per heavy atom. The molecule has 2 heteroatoms. The summed E-state index contributed by atoms with van der Waals surface area (Å²) in [6, 6.07) is 60.1. The van der Waals surface area contributed by atoms with Crippen LogP contribution in [0.2, 0.25) is 0 Å². The minimum absolute atomic E-state index is 0.0882. The highest BCUT2D eigenvalue weighted by Crippen LogP contribution is 2.52. The molecule has 0 atom stereocenters. The number of hydrogen-bond acceptors (Lipinski definition) is 2. The van der Waals surface area contributed by atoms with Crippen LogP contribution in [0.3, 0.4) is 0 Å². The Morgan fingerprint density at radius 2 is 1.13 bits per heavy atom. The van der Waals surface area contributed by atoms with E-state index >= 15 is 0 Å². The maximum Gasteiger partial charge on any atom is 0.0546 e. The van der Waals surface area contributed by atoms with Crippen LogP contribution in [0.4, 0.5) is 17.1 Å². The molecule has 0 bridgehead atoms. The topological polar surface area (TPSA) is 3.24 Å². The maximum absolute atomic E-state index is 2.46. The highest BCUT2D eigenvalue weighted by atomic mass is 32.1. The molecule has 0 fully saturated rings. The lowest BCUT2D eigenvalue weighted by Crippen LogP contribution is -2.15. The first-order valence-electron chi connectivity index (χ1n) is 16.3. The molecule has 0 radical (unpaired) electrons. The van der Waals surface area contributed by atoms with E-state index < -0.39 is 0 Å². The summed E-state index contributed by atoms with van der Waals surface area (Å²) < 4.78 is 2.61. The summed E-state index contributed by atoms with van der Waals surface area (Å²) in [6.07, 6.45) is 0. The van der Waals surface area contributed by atoms with Crippen molar-refractivity contribution in [1.82, 2.24) is 0 Å². The van der Waals surface area contributed by atoms with Gasteiger partial charge in [0.2, 0.25) is 0 Å². The quantitative estimate of drug-likeness (QED) is 0.185. The number of anilines is 3. The summed E-state index contributed by atoms with van der Waals surface area (Å²) in [4.78, 5) is 2.44. The summed E-state index contributed by atoms with van der Waals surface area (Å²) >= 11 is 1.86. The molecule has 7 aromatic carbocycles. The zero-order valence-corrected chi connectivity index (χ0v) is 27.3. The van der Waals surface area contributed by atoms with Crippen LogP contribution in [0.1, 0.15) is 25.0 Å². The molecule has 0 aliphatic heterocycles. The van der Waals surface area contributed by atoms with Crippen molar-refractivity contribution in [3.05, 3.63) is 175 Å². The van der Waals surface area contributed by atoms with Crippen molar-refractivity contribution in [3.63, 3.8) is 0 Å². The fraction of sp³-hybridized carbons (Fsp3) is 0.0667. The second kappa shape index (κ2) is 10.8. The number of hydrogen-bond donors (Lipinski definition) is 0. The third kappa shape index (κ3) is 4.44. The summed E-state index contributed by atoms with van der Waals surface area (Å²) in [5.41, 5.74) is 13.7. The Hall–Kier alpha value is -5.44. The van der Waals surface area contributed by atoms with E-state index in [0.29, 0.717) is 0 Å². The summed E-state index contributed by atoms with van der Waals surface area (Å²) in [7, 11) is 0. The van der Waals surface area contributed by atoms with E-state index in [-0.39, 0.29) is 5.41 Å². The normalized spacial score (nSPS) is 13.1. The van der Waals surface area contributed by atoms with Crippen LogP contribution in [0.5, 0.6) is 0 Å². The lowest BCUT2D eigenvalue weighted by Gasteiger charge is -2.30. The molecule has 1 nitrogen and oxygen atoms in total. The van der Waals surface area contributed by atoms with Gasteiger partial charge in [0.25, 0.3) is 0 Å². The highest BCUT2D eigenvalue weighted by molar-refractivity contribution is 7.25. The molecule has 1 aromatic heterocycles. The zero-order valence-electron chi connectivity index (χ0n) is 26.4. The minimum atomic E-state index is -0.0882. The number of rotatable bonds is 5. The van der Waals surface area contributed by atoms with Gasteiger partial charge in [-0.15, -0.1) is 11.3 Å². The van der Waals surface area contributed by atoms with Crippen LogP contribution in [-0.2, 0) is 5.41 Å². The molecule has 1 aliphatic rings. The SMILES string of the molecule is CC1(C)c2ccccc2-c2ccc(-c3c(-c4ccccc4)cccc3N(c3ccccc3)c3ccc4c(c3)sc3ccccc34)cc21. The predicted molar refractivity (Wildman–Crippen MR) is 202 cm³/mol. The number of fused-ring (bicyclic) bond motifs is 6. The molecule has 224 valence electrons. The molecule has 1 heterocycles. The largest absolute Gasteiger partial charge is 0.310 e. The Bertz CT molecular complexity index is 2440. The molecule has 0 spiro atoms. The molecular weight excluding hydrogens is 587 g/mol. The van der Waals surface area contributed by atoms with E-state index in [2.05, 4.69) is 183 Å². The van der Waals surface area contributed by atoms with Gasteiger partial charge in [0, 0.05) is 42.5 Å². The molecule has 47 heavy (non-hydrogen) atoms. The second-order valence-corrected chi connectivity index (χ2v) is 14.0. The van der Waals surface area contributed by atoms with Gasteiger partial charge in [-0.2, -0.15) is 0 Å². The molecule has 0 saturated heterocycles. The smallest absolute Gasteiger partial charge is 0.0546 e. The standard InChI is InChI=1S/C45H33NS/c1-45(2)39-21-11-9-18-35(39)36-26-24-31(28-40(36)45)44-34(30-14-5-3-6-15-30)20-13-22-41(44)46(32-16-7-4-8-17-32)33-25-27-38-37-19-10-12-23-42(37)47-43(38)29-33/h3-29H,1-2H3. The monoisotopic (exact) mass is 619 g/mol. The first-order valence-corrected chi connectivity index (χ1v) is 17.1. The Balaban J connectivity index is 1.31. The highest BCUT2D eigenvalue weighted by Gasteiger charge is 2.35. The lowest BCUT2D eigenvalue weighted by atomic mass is 9.81. The molecule has 8 aromatic rings. The van der Waals surface area contributed by atoms with Crippen molar-refractivity contribution in [2.75, 3.05) is 4.90 Å². The van der Waals surface area contributed by atoms with Crippen LogP contribution >= 0.6 is 11.3 Å². The minimum Gasteiger partial charge on any atom is -0.310 e. The van der Waals surface area contributed by atoms with Gasteiger partial charge >= 0.3 is 0 Å². The predicted octanol–water partition coefficient (Wildman–Crippen LogP) is 13.2. The van der Waals surface area contributed by atoms with E-state index in [0.717, 1.165) is 17.1 Å². The van der Waals surface area contributed by atoms with Crippen LogP contribution in [0.15, 0.2) is 164 Å². The number of thiophene rings is 1. The third-order valence-corrected chi connectivity index (χ3v) is 11.0. The van der Waals surface area contributed by atoms with Crippen molar-refractivity contribution in [2.45, 2.75) is 19.3 Å². The van der Waals surface area contributed by atoms with Gasteiger partial charge in [-0.1, -0.05) is 135 Å². The van der Waals surface area contributed by atoms with Gasteiger partial charge in [-0.25, -0.2) is 0 Å². The van der Waals surface area contributed by atoms with Gasteiger partial charge in [0.15, 0.2) is 0 Å². The van der Waals surface area contributed by atoms with E-state index in [4.69, 9.17) is 0 Å². The van der Waals surface area contributed by atoms with Crippen LogP contribution in [0, 0.1) is 0 Å². The molecular formula is C45H33NS. The van der Waals surface area contributed by atoms with Crippen LogP contribution < -0.4 is 4.90 Å². The van der Waals surface area contributed by atoms with E-state index in [1.807, 2.05) is 11.3 Å². The maximum atomic E-state index is 2.46. The summed E-state index contributed by atoms with van der Waals surface area (Å²) in [6.45, 7) is 4.73. The van der Waals surface area contributed by atoms with Crippen molar-refractivity contribution in [1.29, 1.82) is 0 Å². The van der Waals surface area contributed by atoms with Gasteiger partial charge in [-0.3, -0.25) is 0 Å². The van der Waals surface area contributed by atoms with Gasteiger partial charge in [0.1, 0.15) is 0 Å². The van der Waals surface area contributed by atoms with E-state index in [9.17, 15) is 0 Å². The molecule has 0 N–H and O–H groups in total. The Kier molecular flexibility index (Phi) is 6.41. The molecule has 0 saturated carbocycles. The second-order valence-electron chi connectivity index (χ2n) is 12.9. The molecule has 9 rings (SSSR count). The number of para-hydroxylation sites is 1. The average Bonchev–Trinajstić information content (AvgIpc) is 3.60. The van der Waals surface area contributed by atoms with Gasteiger partial charge in [-0.05, 0) is 81.4 Å². The lowest BCUT2D eigenvalue weighted by molar-refractivity contribution is 0.660. The van der Waals surface area contributed by atoms with Gasteiger partial charge < -0.3 is 4.90 Å². The van der Waals surface area contributed by atoms with Crippen molar-refractivity contribution in [2.24, 2.45) is 0 Å². The fourth-order valence-electron chi connectivity index (χ4n) is 7.61. The Labute approximate surface area is 280 Å². The average molecular weight is 620 g/mol. The van der Waals surface area contributed by atoms with E-state index in [1.165, 1.54) is 64.7 Å². The first kappa shape index (κ1) is 27.8. The fourth-order valence-corrected chi connectivity index (χ4v) is 8.75. The van der Waals surface area contributed by atoms with Crippen LogP contribution in [0.25, 0.3) is 53.6 Å². The molecule has 0 amide bonds. The van der Waals surface area contributed by atoms with Crippen molar-refractivity contribution in [3.8, 4) is 33.4 Å². The van der Waals surface area contributed by atoms with Gasteiger partial charge in [0.05, 0.1) is 5.69 Å². The summed E-state index contributed by atoms with van der Waals surface area (Å²) in [5.74, 6) is 0. The van der Waals surface area contributed by atoms with Crippen molar-refractivity contribution >= 4 is 48.6 Å². The molecule has 0 unspecified atom stereocenters.